The molecule has 0 aromatic carbocycles. The number of hydrogen-bond acceptors (Lipinski definition) is 1. The molecule has 1 aliphatic rings. The monoisotopic (exact) mass is 315 g/mol. The average Bonchev–Trinajstić information content (AvgIpc) is 2.49. The van der Waals surface area contributed by atoms with Crippen molar-refractivity contribution in [3.05, 3.63) is 29.6 Å². The fraction of sp³-hybridized carbons (Fsp3) is 0.773. The lowest BCUT2D eigenvalue weighted by atomic mass is 9.78. The van der Waals surface area contributed by atoms with E-state index in [1.54, 1.807) is 0 Å². The summed E-state index contributed by atoms with van der Waals surface area (Å²) in [6.07, 6.45) is 12.2. The maximum absolute atomic E-state index is 5.12. The van der Waals surface area contributed by atoms with E-state index in [9.17, 15) is 0 Å². The molecule has 0 fully saturated rings. The lowest BCUT2D eigenvalue weighted by molar-refractivity contribution is 0.346. The Hall–Kier alpha value is -0.850. The summed E-state index contributed by atoms with van der Waals surface area (Å²) in [4.78, 5) is 5.12. The first-order chi connectivity index (χ1) is 10.8. The van der Waals surface area contributed by atoms with Crippen LogP contribution in [-0.4, -0.2) is 4.98 Å². The Morgan fingerprint density at radius 3 is 2.09 bits per heavy atom. The second kappa shape index (κ2) is 7.81. The minimum absolute atomic E-state index is 0.172. The molecule has 0 amide bonds. The number of pyridine rings is 1. The Labute approximate surface area is 144 Å². The summed E-state index contributed by atoms with van der Waals surface area (Å²) in [6.45, 7) is 11.9. The van der Waals surface area contributed by atoms with E-state index in [1.807, 2.05) is 0 Å². The molecule has 130 valence electrons. The smallest absolute Gasteiger partial charge is 0.0463 e. The Morgan fingerprint density at radius 2 is 1.39 bits per heavy atom. The first-order valence-electron chi connectivity index (χ1n) is 9.79. The number of aromatic nitrogens is 1. The van der Waals surface area contributed by atoms with Gasteiger partial charge in [-0.1, -0.05) is 85.6 Å². The van der Waals surface area contributed by atoms with Gasteiger partial charge in [-0.05, 0) is 30.9 Å². The molecule has 0 saturated carbocycles. The highest BCUT2D eigenvalue weighted by atomic mass is 14.8. The van der Waals surface area contributed by atoms with Crippen LogP contribution in [0.15, 0.2) is 18.2 Å². The van der Waals surface area contributed by atoms with Gasteiger partial charge in [-0.15, -0.1) is 0 Å². The number of rotatable bonds is 0. The van der Waals surface area contributed by atoms with Crippen molar-refractivity contribution in [1.29, 1.82) is 0 Å². The second-order valence-corrected chi connectivity index (χ2v) is 9.15. The third kappa shape index (κ3) is 5.33. The fourth-order valence-electron chi connectivity index (χ4n) is 4.16. The zero-order chi connectivity index (χ0) is 16.9. The van der Waals surface area contributed by atoms with Gasteiger partial charge >= 0.3 is 0 Å². The van der Waals surface area contributed by atoms with Crippen LogP contribution in [-0.2, 0) is 10.8 Å². The topological polar surface area (TPSA) is 12.9 Å². The lowest BCUT2D eigenvalue weighted by Gasteiger charge is -2.30. The summed E-state index contributed by atoms with van der Waals surface area (Å²) < 4.78 is 0. The van der Waals surface area contributed by atoms with Crippen molar-refractivity contribution < 1.29 is 0 Å². The minimum atomic E-state index is 0.172. The first-order valence-corrected chi connectivity index (χ1v) is 9.79. The molecule has 1 aromatic rings. The van der Waals surface area contributed by atoms with Crippen LogP contribution in [0.5, 0.6) is 0 Å². The van der Waals surface area contributed by atoms with E-state index < -0.39 is 0 Å². The van der Waals surface area contributed by atoms with Gasteiger partial charge in [0.15, 0.2) is 0 Å². The van der Waals surface area contributed by atoms with E-state index in [0.717, 1.165) is 5.92 Å². The van der Waals surface area contributed by atoms with E-state index in [0.29, 0.717) is 0 Å². The molecular weight excluding hydrogens is 278 g/mol. The largest absolute Gasteiger partial charge is 0.257 e. The third-order valence-electron chi connectivity index (χ3n) is 5.74. The summed E-state index contributed by atoms with van der Waals surface area (Å²) in [5.41, 5.74) is 2.93. The summed E-state index contributed by atoms with van der Waals surface area (Å²) in [5, 5.41) is 0. The van der Waals surface area contributed by atoms with Gasteiger partial charge in [-0.2, -0.15) is 0 Å². The Bertz CT molecular complexity index is 487. The highest BCUT2D eigenvalue weighted by molar-refractivity contribution is 5.23. The zero-order valence-corrected chi connectivity index (χ0v) is 16.1. The van der Waals surface area contributed by atoms with Gasteiger partial charge in [0.25, 0.3) is 0 Å². The molecule has 1 aromatic heterocycles. The molecule has 0 radical (unpaired) electrons. The van der Waals surface area contributed by atoms with Gasteiger partial charge in [-0.25, -0.2) is 0 Å². The van der Waals surface area contributed by atoms with Gasteiger partial charge < -0.3 is 0 Å². The zero-order valence-electron chi connectivity index (χ0n) is 16.1. The molecule has 2 bridgehead atoms. The Balaban J connectivity index is 2.25. The molecule has 23 heavy (non-hydrogen) atoms. The van der Waals surface area contributed by atoms with Crippen molar-refractivity contribution in [3.63, 3.8) is 0 Å². The lowest BCUT2D eigenvalue weighted by Crippen LogP contribution is -2.25. The van der Waals surface area contributed by atoms with Crippen molar-refractivity contribution in [2.24, 2.45) is 5.92 Å². The highest BCUT2D eigenvalue weighted by Crippen LogP contribution is 2.34. The van der Waals surface area contributed by atoms with E-state index in [2.05, 4.69) is 52.8 Å². The Kier molecular flexibility index (Phi) is 6.28. The molecular formula is C22H37N. The van der Waals surface area contributed by atoms with Crippen molar-refractivity contribution in [1.82, 2.24) is 4.98 Å². The van der Waals surface area contributed by atoms with Crippen LogP contribution in [0.25, 0.3) is 0 Å². The molecule has 1 atom stereocenters. The van der Waals surface area contributed by atoms with E-state index >= 15 is 0 Å². The molecule has 0 aliphatic carbocycles. The van der Waals surface area contributed by atoms with Crippen LogP contribution in [0, 0.1) is 5.92 Å². The quantitative estimate of drug-likeness (QED) is 0.513. The summed E-state index contributed by atoms with van der Waals surface area (Å²) >= 11 is 0. The Morgan fingerprint density at radius 1 is 0.826 bits per heavy atom. The van der Waals surface area contributed by atoms with E-state index in [1.165, 1.54) is 69.2 Å². The molecule has 1 heteroatoms. The van der Waals surface area contributed by atoms with Crippen molar-refractivity contribution in [2.45, 2.75) is 103 Å². The molecule has 2 rings (SSSR count). The summed E-state index contributed by atoms with van der Waals surface area (Å²) in [6, 6.07) is 6.70. The normalized spacial score (nSPS) is 26.0. The van der Waals surface area contributed by atoms with Gasteiger partial charge in [0.1, 0.15) is 0 Å². The van der Waals surface area contributed by atoms with Crippen LogP contribution < -0.4 is 0 Å². The van der Waals surface area contributed by atoms with E-state index in [4.69, 9.17) is 4.98 Å². The minimum Gasteiger partial charge on any atom is -0.257 e. The second-order valence-electron chi connectivity index (χ2n) is 9.15. The maximum atomic E-state index is 5.12. The van der Waals surface area contributed by atoms with Crippen LogP contribution in [0.4, 0.5) is 0 Å². The van der Waals surface area contributed by atoms with Crippen LogP contribution in [0.1, 0.15) is 104 Å². The maximum Gasteiger partial charge on any atom is 0.0463 e. The third-order valence-corrected chi connectivity index (χ3v) is 5.74. The van der Waals surface area contributed by atoms with Crippen molar-refractivity contribution >= 4 is 0 Å². The standard InChI is InChI=1S/C22H37N/c1-18-13-10-8-6-7-9-11-16-21(2,3)19-14-12-15-20(23-19)22(4,5)17-18/h12,14-15,18H,6-11,13,16-17H2,1-5H3. The predicted octanol–water partition coefficient (Wildman–Crippen LogP) is 6.80. The fourth-order valence-corrected chi connectivity index (χ4v) is 4.16. The van der Waals surface area contributed by atoms with Crippen LogP contribution >= 0.6 is 0 Å². The number of nitrogens with zero attached hydrogens (tertiary/aromatic N) is 1. The molecule has 0 N–H and O–H groups in total. The summed E-state index contributed by atoms with van der Waals surface area (Å²) in [5.74, 6) is 0.786. The molecule has 1 nitrogen and oxygen atoms in total. The number of hydrogen-bond donors (Lipinski definition) is 0. The molecule has 0 saturated heterocycles. The number of fused-ring (bicyclic) bond motifs is 2. The molecule has 1 aliphatic heterocycles. The van der Waals surface area contributed by atoms with Crippen molar-refractivity contribution in [3.8, 4) is 0 Å². The van der Waals surface area contributed by atoms with Gasteiger partial charge in [-0.3, -0.25) is 4.98 Å². The first kappa shape index (κ1) is 18.5. The molecule has 0 spiro atoms. The summed E-state index contributed by atoms with van der Waals surface area (Å²) in [7, 11) is 0. The van der Waals surface area contributed by atoms with Gasteiger partial charge in [0, 0.05) is 22.2 Å². The van der Waals surface area contributed by atoms with Gasteiger partial charge in [0.05, 0.1) is 0 Å². The van der Waals surface area contributed by atoms with Gasteiger partial charge in [0.2, 0.25) is 0 Å². The SMILES string of the molecule is CC1CCCCCCCCC(C)(C)c2cccc(n2)C(C)(C)C1. The molecule has 2 heterocycles. The van der Waals surface area contributed by atoms with E-state index in [-0.39, 0.29) is 10.8 Å². The van der Waals surface area contributed by atoms with Crippen LogP contribution in [0.2, 0.25) is 0 Å². The highest BCUT2D eigenvalue weighted by Gasteiger charge is 2.28. The molecule has 1 unspecified atom stereocenters. The average molecular weight is 316 g/mol. The van der Waals surface area contributed by atoms with Crippen molar-refractivity contribution in [2.75, 3.05) is 0 Å². The predicted molar refractivity (Wildman–Crippen MR) is 101 cm³/mol. The van der Waals surface area contributed by atoms with Crippen LogP contribution in [0.3, 0.4) is 0 Å².